The molecule has 2 atom stereocenters. The van der Waals surface area contributed by atoms with E-state index in [2.05, 4.69) is 15.7 Å². The number of nitrogens with zero attached hydrogens (tertiary/aromatic N) is 3. The number of hydrogen-bond donors (Lipinski definition) is 4. The Labute approximate surface area is 259 Å². The average Bonchev–Trinajstić information content (AvgIpc) is 3.41. The van der Waals surface area contributed by atoms with E-state index in [1.807, 2.05) is 25.1 Å². The van der Waals surface area contributed by atoms with E-state index >= 15 is 0 Å². The predicted molar refractivity (Wildman–Crippen MR) is 167 cm³/mol. The fourth-order valence-electron chi connectivity index (χ4n) is 4.69. The van der Waals surface area contributed by atoms with Gasteiger partial charge >= 0.3 is 0 Å². The van der Waals surface area contributed by atoms with Gasteiger partial charge in [0.05, 0.1) is 45.7 Å². The first-order valence-corrected chi connectivity index (χ1v) is 14.5. The number of carbonyl (C=O) groups is 2. The molecule has 228 valence electrons. The number of amides is 2. The fourth-order valence-corrected chi connectivity index (χ4v) is 5.25. The van der Waals surface area contributed by atoms with Gasteiger partial charge in [0.2, 0.25) is 0 Å². The second kappa shape index (κ2) is 13.7. The van der Waals surface area contributed by atoms with E-state index < -0.39 is 24.3 Å². The lowest BCUT2D eigenvalue weighted by atomic mass is 10.0. The van der Waals surface area contributed by atoms with Crippen molar-refractivity contribution < 1.29 is 24.2 Å². The van der Waals surface area contributed by atoms with Crippen LogP contribution in [0.1, 0.15) is 40.1 Å². The van der Waals surface area contributed by atoms with Crippen molar-refractivity contribution in [3.05, 3.63) is 87.5 Å². The van der Waals surface area contributed by atoms with Gasteiger partial charge in [-0.15, -0.1) is 0 Å². The second-order valence-corrected chi connectivity index (χ2v) is 11.4. The molecule has 0 bridgehead atoms. The highest BCUT2D eigenvalue weighted by Crippen LogP contribution is 2.29. The van der Waals surface area contributed by atoms with Crippen LogP contribution in [-0.4, -0.2) is 81.3 Å². The van der Waals surface area contributed by atoms with Gasteiger partial charge in [-0.25, -0.2) is 9.07 Å². The van der Waals surface area contributed by atoms with E-state index in [0.29, 0.717) is 22.3 Å². The lowest BCUT2D eigenvalue weighted by Gasteiger charge is -2.32. The van der Waals surface area contributed by atoms with Crippen molar-refractivity contribution in [2.75, 3.05) is 38.2 Å². The van der Waals surface area contributed by atoms with Crippen molar-refractivity contribution in [1.82, 2.24) is 20.0 Å². The van der Waals surface area contributed by atoms with Gasteiger partial charge in [-0.05, 0) is 68.8 Å². The topological polar surface area (TPSA) is 120 Å². The van der Waals surface area contributed by atoms with Crippen LogP contribution in [0.4, 0.5) is 10.1 Å². The van der Waals surface area contributed by atoms with Crippen LogP contribution < -0.4 is 10.6 Å². The van der Waals surface area contributed by atoms with Crippen molar-refractivity contribution in [3.63, 3.8) is 0 Å². The number of aliphatic hydroxyl groups is 2. The molecule has 4 rings (SSSR count). The number of anilines is 1. The minimum Gasteiger partial charge on any atom is -0.392 e. The summed E-state index contributed by atoms with van der Waals surface area (Å²) < 4.78 is 16.0. The standard InChI is InChI=1S/C31H34Cl2FN5O4/c1-4-38(30(42)28-24(32)9-6-10-25(28)33)18-31(43,16-34)17-36-26-11-19(2)12-27-23(26)15-37-39(27)22-8-5-7-21(13-22)29(41)35-14-20(3)40/h5-13,15,20,36,40,43H,4,14,16-18H2,1-3H3,(H,35,41)/t20-,31?/m0/s1. The lowest BCUT2D eigenvalue weighted by molar-refractivity contribution is -0.00197. The molecule has 2 amide bonds. The summed E-state index contributed by atoms with van der Waals surface area (Å²) in [6, 6.07) is 15.4. The van der Waals surface area contributed by atoms with Crippen molar-refractivity contribution in [2.45, 2.75) is 32.5 Å². The molecule has 0 aliphatic carbocycles. The van der Waals surface area contributed by atoms with Crippen LogP contribution in [0.2, 0.25) is 10.0 Å². The monoisotopic (exact) mass is 629 g/mol. The highest BCUT2D eigenvalue weighted by Gasteiger charge is 2.33. The summed E-state index contributed by atoms with van der Waals surface area (Å²) in [6.07, 6.45) is 0.977. The Morgan fingerprint density at radius 2 is 1.84 bits per heavy atom. The number of nitrogens with one attached hydrogen (secondary N) is 2. The van der Waals surface area contributed by atoms with E-state index in [4.69, 9.17) is 23.2 Å². The molecular weight excluding hydrogens is 596 g/mol. The van der Waals surface area contributed by atoms with Crippen molar-refractivity contribution in [1.29, 1.82) is 0 Å². The summed E-state index contributed by atoms with van der Waals surface area (Å²) in [7, 11) is 0. The smallest absolute Gasteiger partial charge is 0.256 e. The minimum absolute atomic E-state index is 0.0964. The number of fused-ring (bicyclic) bond motifs is 1. The van der Waals surface area contributed by atoms with Gasteiger partial charge in [0.1, 0.15) is 12.3 Å². The predicted octanol–water partition coefficient (Wildman–Crippen LogP) is 5.03. The molecule has 43 heavy (non-hydrogen) atoms. The molecule has 0 spiro atoms. The third-order valence-corrected chi connectivity index (χ3v) is 7.56. The highest BCUT2D eigenvalue weighted by molar-refractivity contribution is 6.39. The first kappa shape index (κ1) is 32.2. The molecule has 12 heteroatoms. The van der Waals surface area contributed by atoms with Crippen LogP contribution >= 0.6 is 23.2 Å². The van der Waals surface area contributed by atoms with Gasteiger partial charge in [0.15, 0.2) is 0 Å². The summed E-state index contributed by atoms with van der Waals surface area (Å²) in [5.41, 5.74) is 1.46. The number of benzene rings is 3. The second-order valence-electron chi connectivity index (χ2n) is 10.5. The molecule has 0 radical (unpaired) electrons. The Bertz CT molecular complexity index is 1610. The Morgan fingerprint density at radius 1 is 1.14 bits per heavy atom. The van der Waals surface area contributed by atoms with Gasteiger partial charge in [-0.1, -0.05) is 35.3 Å². The number of aryl methyl sites for hydroxylation is 1. The number of aromatic nitrogens is 2. The Hall–Kier alpha value is -3.70. The van der Waals surface area contributed by atoms with Gasteiger partial charge in [-0.3, -0.25) is 9.59 Å². The van der Waals surface area contributed by atoms with E-state index in [1.54, 1.807) is 61.1 Å². The quantitative estimate of drug-likeness (QED) is 0.175. The summed E-state index contributed by atoms with van der Waals surface area (Å²) >= 11 is 12.4. The zero-order chi connectivity index (χ0) is 31.3. The van der Waals surface area contributed by atoms with E-state index in [9.17, 15) is 24.2 Å². The summed E-state index contributed by atoms with van der Waals surface area (Å²) in [6.45, 7) is 3.92. The van der Waals surface area contributed by atoms with E-state index in [-0.39, 0.29) is 47.7 Å². The average molecular weight is 631 g/mol. The number of halogens is 3. The third-order valence-electron chi connectivity index (χ3n) is 6.93. The Kier molecular flexibility index (Phi) is 10.3. The van der Waals surface area contributed by atoms with Crippen molar-refractivity contribution >= 4 is 51.6 Å². The minimum atomic E-state index is -1.92. The van der Waals surface area contributed by atoms with Gasteiger partial charge in [0.25, 0.3) is 11.8 Å². The third kappa shape index (κ3) is 7.45. The van der Waals surface area contributed by atoms with Gasteiger partial charge in [0, 0.05) is 36.3 Å². The first-order valence-electron chi connectivity index (χ1n) is 13.8. The van der Waals surface area contributed by atoms with Crippen LogP contribution in [0.25, 0.3) is 16.6 Å². The number of aliphatic hydroxyl groups excluding tert-OH is 1. The molecular formula is C31H34Cl2FN5O4. The largest absolute Gasteiger partial charge is 0.392 e. The molecule has 0 saturated carbocycles. The van der Waals surface area contributed by atoms with Crippen LogP contribution in [0.3, 0.4) is 0 Å². The molecule has 0 fully saturated rings. The molecule has 1 unspecified atom stereocenters. The van der Waals surface area contributed by atoms with Crippen LogP contribution in [-0.2, 0) is 0 Å². The molecule has 9 nitrogen and oxygen atoms in total. The SMILES string of the molecule is CCN(CC(O)(CF)CNc1cc(C)cc2c1cnn2-c1cccc(C(=O)NC[C@H](C)O)c1)C(=O)c1c(Cl)cccc1Cl. The van der Waals surface area contributed by atoms with E-state index in [0.717, 1.165) is 11.1 Å². The molecule has 0 saturated heterocycles. The molecule has 3 aromatic carbocycles. The highest BCUT2D eigenvalue weighted by atomic mass is 35.5. The van der Waals surface area contributed by atoms with Crippen molar-refractivity contribution in [3.8, 4) is 5.69 Å². The van der Waals surface area contributed by atoms with Crippen LogP contribution in [0.15, 0.2) is 60.8 Å². The summed E-state index contributed by atoms with van der Waals surface area (Å²) in [4.78, 5) is 27.1. The zero-order valence-corrected chi connectivity index (χ0v) is 25.6. The number of likely N-dealkylation sites (N-methyl/N-ethyl adjacent to an activating group) is 1. The Morgan fingerprint density at radius 3 is 2.49 bits per heavy atom. The number of carbonyl (C=O) groups excluding carboxylic acids is 2. The summed E-state index contributed by atoms with van der Waals surface area (Å²) in [5, 5.41) is 32.1. The lowest BCUT2D eigenvalue weighted by Crippen LogP contribution is -2.51. The number of alkyl halides is 1. The maximum Gasteiger partial charge on any atom is 0.256 e. The zero-order valence-electron chi connectivity index (χ0n) is 24.1. The first-order chi connectivity index (χ1) is 20.5. The maximum atomic E-state index is 14.3. The maximum absolute atomic E-state index is 14.3. The van der Waals surface area contributed by atoms with Gasteiger partial charge < -0.3 is 25.7 Å². The number of hydrogen-bond acceptors (Lipinski definition) is 6. The molecule has 0 aliphatic heterocycles. The number of rotatable bonds is 12. The molecule has 0 aliphatic rings. The summed E-state index contributed by atoms with van der Waals surface area (Å²) in [5.74, 6) is -0.828. The molecule has 1 aromatic heterocycles. The molecule has 4 aromatic rings. The van der Waals surface area contributed by atoms with Crippen LogP contribution in [0, 0.1) is 6.92 Å². The van der Waals surface area contributed by atoms with Crippen molar-refractivity contribution in [2.24, 2.45) is 0 Å². The van der Waals surface area contributed by atoms with E-state index in [1.165, 1.54) is 4.90 Å². The molecule has 4 N–H and O–H groups in total. The Balaban J connectivity index is 1.57. The molecule has 1 heterocycles. The van der Waals surface area contributed by atoms with Gasteiger partial charge in [-0.2, -0.15) is 5.10 Å². The van der Waals surface area contributed by atoms with Crippen LogP contribution in [0.5, 0.6) is 0 Å². The normalized spacial score (nSPS) is 13.4. The fraction of sp³-hybridized carbons (Fsp3) is 0.323.